The summed E-state index contributed by atoms with van der Waals surface area (Å²) in [6.07, 6.45) is 7.27. The number of rotatable bonds is 6. The number of allylic oxidation sites excluding steroid dienone is 1. The highest BCUT2D eigenvalue weighted by Gasteiger charge is 2.06. The number of guanidine groups is 1. The summed E-state index contributed by atoms with van der Waals surface area (Å²) < 4.78 is 5.55. The molecule has 2 N–H and O–H groups in total. The molecular formula is C16H26N4O. The van der Waals surface area contributed by atoms with Crippen molar-refractivity contribution < 1.29 is 4.42 Å². The molecule has 2 rings (SSSR count). The lowest BCUT2D eigenvalue weighted by Gasteiger charge is -2.11. The van der Waals surface area contributed by atoms with Crippen LogP contribution in [0.1, 0.15) is 50.0 Å². The fraction of sp³-hybridized carbons (Fsp3) is 0.625. The Bertz CT molecular complexity index is 497. The number of hydrogen-bond donors (Lipinski definition) is 2. The van der Waals surface area contributed by atoms with Gasteiger partial charge in [0.15, 0.2) is 5.96 Å². The SMILES string of the molecule is CCNC(=NCc1nc(C)c(C)o1)NCCC1=CCCC1. The molecule has 21 heavy (non-hydrogen) atoms. The van der Waals surface area contributed by atoms with E-state index in [1.807, 2.05) is 13.8 Å². The standard InChI is InChI=1S/C16H26N4O/c1-4-17-16(18-10-9-14-7-5-6-8-14)19-11-15-20-12(2)13(3)21-15/h7H,4-6,8-11H2,1-3H3,(H2,17,18,19). The Labute approximate surface area is 126 Å². The van der Waals surface area contributed by atoms with E-state index in [1.165, 1.54) is 19.3 Å². The molecule has 1 aromatic rings. The second-order valence-corrected chi connectivity index (χ2v) is 5.38. The first-order chi connectivity index (χ1) is 10.2. The summed E-state index contributed by atoms with van der Waals surface area (Å²) in [7, 11) is 0. The summed E-state index contributed by atoms with van der Waals surface area (Å²) in [6.45, 7) is 8.17. The number of hydrogen-bond acceptors (Lipinski definition) is 3. The van der Waals surface area contributed by atoms with Gasteiger partial charge in [0, 0.05) is 13.1 Å². The van der Waals surface area contributed by atoms with Gasteiger partial charge in [-0.25, -0.2) is 9.98 Å². The molecule has 0 fully saturated rings. The van der Waals surface area contributed by atoms with Gasteiger partial charge in [-0.2, -0.15) is 0 Å². The van der Waals surface area contributed by atoms with Crippen molar-refractivity contribution in [2.75, 3.05) is 13.1 Å². The lowest BCUT2D eigenvalue weighted by molar-refractivity contribution is 0.473. The highest BCUT2D eigenvalue weighted by atomic mass is 16.4. The molecule has 0 spiro atoms. The normalized spacial score (nSPS) is 15.2. The average molecular weight is 290 g/mol. The van der Waals surface area contributed by atoms with Gasteiger partial charge in [-0.1, -0.05) is 11.6 Å². The van der Waals surface area contributed by atoms with Gasteiger partial charge in [-0.05, 0) is 46.5 Å². The Balaban J connectivity index is 1.83. The van der Waals surface area contributed by atoms with Crippen LogP contribution in [0.4, 0.5) is 0 Å². The Morgan fingerprint density at radius 3 is 2.86 bits per heavy atom. The summed E-state index contributed by atoms with van der Waals surface area (Å²) in [6, 6.07) is 0. The van der Waals surface area contributed by atoms with E-state index in [-0.39, 0.29) is 0 Å². The highest BCUT2D eigenvalue weighted by Crippen LogP contribution is 2.19. The van der Waals surface area contributed by atoms with E-state index in [0.717, 1.165) is 36.9 Å². The molecule has 0 radical (unpaired) electrons. The smallest absolute Gasteiger partial charge is 0.216 e. The molecule has 0 unspecified atom stereocenters. The molecule has 0 bridgehead atoms. The molecule has 116 valence electrons. The molecule has 0 saturated carbocycles. The van der Waals surface area contributed by atoms with Crippen LogP contribution in [0.15, 0.2) is 21.1 Å². The second-order valence-electron chi connectivity index (χ2n) is 5.38. The van der Waals surface area contributed by atoms with Gasteiger partial charge in [0.25, 0.3) is 0 Å². The topological polar surface area (TPSA) is 62.5 Å². The molecule has 5 nitrogen and oxygen atoms in total. The molecule has 1 heterocycles. The van der Waals surface area contributed by atoms with Crippen LogP contribution in [0.25, 0.3) is 0 Å². The number of nitrogens with zero attached hydrogens (tertiary/aromatic N) is 2. The quantitative estimate of drug-likeness (QED) is 0.480. The third-order valence-electron chi connectivity index (χ3n) is 3.66. The number of aryl methyl sites for hydroxylation is 2. The van der Waals surface area contributed by atoms with Gasteiger partial charge < -0.3 is 15.1 Å². The zero-order valence-electron chi connectivity index (χ0n) is 13.3. The average Bonchev–Trinajstić information content (AvgIpc) is 3.07. The van der Waals surface area contributed by atoms with E-state index in [9.17, 15) is 0 Å². The van der Waals surface area contributed by atoms with Crippen LogP contribution in [-0.4, -0.2) is 24.0 Å². The largest absolute Gasteiger partial charge is 0.444 e. The van der Waals surface area contributed by atoms with Crippen LogP contribution < -0.4 is 10.6 Å². The van der Waals surface area contributed by atoms with Crippen LogP contribution >= 0.6 is 0 Å². The molecule has 0 aromatic carbocycles. The minimum atomic E-state index is 0.465. The summed E-state index contributed by atoms with van der Waals surface area (Å²) in [4.78, 5) is 8.87. The molecule has 0 amide bonds. The van der Waals surface area contributed by atoms with E-state index in [4.69, 9.17) is 4.42 Å². The summed E-state index contributed by atoms with van der Waals surface area (Å²) in [5, 5.41) is 6.62. The molecule has 1 aliphatic carbocycles. The fourth-order valence-electron chi connectivity index (χ4n) is 2.40. The Kier molecular flexibility index (Phi) is 5.84. The molecule has 0 atom stereocenters. The van der Waals surface area contributed by atoms with Crippen molar-refractivity contribution >= 4 is 5.96 Å². The van der Waals surface area contributed by atoms with E-state index in [0.29, 0.717) is 12.4 Å². The fourth-order valence-corrected chi connectivity index (χ4v) is 2.40. The lowest BCUT2D eigenvalue weighted by atomic mass is 10.2. The number of aliphatic imine (C=N–C) groups is 1. The van der Waals surface area contributed by atoms with Crippen molar-refractivity contribution in [3.63, 3.8) is 0 Å². The van der Waals surface area contributed by atoms with Gasteiger partial charge in [0.05, 0.1) is 5.69 Å². The molecule has 0 saturated heterocycles. The van der Waals surface area contributed by atoms with E-state index in [2.05, 4.69) is 33.6 Å². The van der Waals surface area contributed by atoms with Crippen molar-refractivity contribution in [2.24, 2.45) is 4.99 Å². The summed E-state index contributed by atoms with van der Waals surface area (Å²) >= 11 is 0. The van der Waals surface area contributed by atoms with E-state index >= 15 is 0 Å². The minimum Gasteiger partial charge on any atom is -0.444 e. The Morgan fingerprint density at radius 2 is 2.24 bits per heavy atom. The minimum absolute atomic E-state index is 0.465. The maximum absolute atomic E-state index is 5.55. The molecular weight excluding hydrogens is 264 g/mol. The number of aromatic nitrogens is 1. The van der Waals surface area contributed by atoms with Crippen molar-refractivity contribution in [3.05, 3.63) is 29.0 Å². The van der Waals surface area contributed by atoms with Crippen molar-refractivity contribution in [3.8, 4) is 0 Å². The first-order valence-electron chi connectivity index (χ1n) is 7.82. The van der Waals surface area contributed by atoms with Gasteiger partial charge >= 0.3 is 0 Å². The molecule has 1 aliphatic rings. The van der Waals surface area contributed by atoms with Crippen LogP contribution in [0.3, 0.4) is 0 Å². The lowest BCUT2D eigenvalue weighted by Crippen LogP contribution is -2.37. The van der Waals surface area contributed by atoms with Crippen molar-refractivity contribution in [2.45, 2.75) is 53.0 Å². The first kappa shape index (κ1) is 15.6. The van der Waals surface area contributed by atoms with E-state index in [1.54, 1.807) is 5.57 Å². The Hall–Kier alpha value is -1.78. The predicted octanol–water partition coefficient (Wildman–Crippen LogP) is 2.85. The third kappa shape index (κ3) is 4.92. The predicted molar refractivity (Wildman–Crippen MR) is 85.3 cm³/mol. The van der Waals surface area contributed by atoms with Gasteiger partial charge in [0.1, 0.15) is 12.3 Å². The maximum Gasteiger partial charge on any atom is 0.216 e. The number of nitrogens with one attached hydrogen (secondary N) is 2. The van der Waals surface area contributed by atoms with Crippen molar-refractivity contribution in [1.29, 1.82) is 0 Å². The third-order valence-corrected chi connectivity index (χ3v) is 3.66. The van der Waals surface area contributed by atoms with Crippen LogP contribution in [-0.2, 0) is 6.54 Å². The van der Waals surface area contributed by atoms with Crippen LogP contribution in [0.5, 0.6) is 0 Å². The molecule has 5 heteroatoms. The maximum atomic E-state index is 5.55. The zero-order chi connectivity index (χ0) is 15.1. The highest BCUT2D eigenvalue weighted by molar-refractivity contribution is 5.79. The zero-order valence-corrected chi connectivity index (χ0v) is 13.3. The Morgan fingerprint density at radius 1 is 1.38 bits per heavy atom. The number of oxazole rings is 1. The van der Waals surface area contributed by atoms with Gasteiger partial charge in [-0.3, -0.25) is 0 Å². The van der Waals surface area contributed by atoms with Gasteiger partial charge in [-0.15, -0.1) is 0 Å². The molecule has 0 aliphatic heterocycles. The monoisotopic (exact) mass is 290 g/mol. The van der Waals surface area contributed by atoms with E-state index < -0.39 is 0 Å². The summed E-state index contributed by atoms with van der Waals surface area (Å²) in [5.41, 5.74) is 2.50. The van der Waals surface area contributed by atoms with Crippen LogP contribution in [0.2, 0.25) is 0 Å². The molecule has 1 aromatic heterocycles. The van der Waals surface area contributed by atoms with Crippen molar-refractivity contribution in [1.82, 2.24) is 15.6 Å². The van der Waals surface area contributed by atoms with Gasteiger partial charge in [0.2, 0.25) is 5.89 Å². The van der Waals surface area contributed by atoms with Crippen LogP contribution in [0, 0.1) is 13.8 Å². The summed E-state index contributed by atoms with van der Waals surface area (Å²) in [5.74, 6) is 2.36. The second kappa shape index (κ2) is 7.86. The first-order valence-corrected chi connectivity index (χ1v) is 7.82.